The van der Waals surface area contributed by atoms with Crippen molar-refractivity contribution in [1.29, 1.82) is 5.41 Å². The molecule has 0 saturated carbocycles. The van der Waals surface area contributed by atoms with E-state index >= 15 is 0 Å². The SMILES string of the molecule is C=C(C)C(c1ccc(C(C)(C)C)cc1)[C@](C)(CC)c1cc(-c2cncc(C)c2)cs1.CC=N. The number of rotatable bonds is 6. The van der Waals surface area contributed by atoms with Crippen LogP contribution in [0.4, 0.5) is 0 Å². The third kappa shape index (κ3) is 6.29. The van der Waals surface area contributed by atoms with Gasteiger partial charge < -0.3 is 5.41 Å². The number of thiophene rings is 1. The second-order valence-electron chi connectivity index (χ2n) is 10.2. The number of hydrogen-bond donors (Lipinski definition) is 1. The summed E-state index contributed by atoms with van der Waals surface area (Å²) in [6.45, 7) is 21.8. The van der Waals surface area contributed by atoms with Gasteiger partial charge in [-0.05, 0) is 78.6 Å². The number of nitrogens with one attached hydrogen (secondary N) is 1. The van der Waals surface area contributed by atoms with Crippen LogP contribution in [0, 0.1) is 12.3 Å². The van der Waals surface area contributed by atoms with Crippen LogP contribution in [-0.2, 0) is 10.8 Å². The summed E-state index contributed by atoms with van der Waals surface area (Å²) in [5, 5.41) is 8.36. The van der Waals surface area contributed by atoms with Crippen molar-refractivity contribution in [2.75, 3.05) is 0 Å². The molecule has 0 fully saturated rings. The molecule has 2 nitrogen and oxygen atoms in total. The van der Waals surface area contributed by atoms with Crippen LogP contribution in [0.3, 0.4) is 0 Å². The van der Waals surface area contributed by atoms with Crippen molar-refractivity contribution in [1.82, 2.24) is 4.98 Å². The quantitative estimate of drug-likeness (QED) is 0.289. The second-order valence-corrected chi connectivity index (χ2v) is 11.1. The van der Waals surface area contributed by atoms with E-state index in [0.717, 1.165) is 6.42 Å². The van der Waals surface area contributed by atoms with Crippen LogP contribution < -0.4 is 0 Å². The van der Waals surface area contributed by atoms with Gasteiger partial charge in [0.15, 0.2) is 0 Å². The van der Waals surface area contributed by atoms with Gasteiger partial charge in [0.25, 0.3) is 0 Å². The molecule has 0 amide bonds. The van der Waals surface area contributed by atoms with Crippen molar-refractivity contribution in [3.63, 3.8) is 0 Å². The first-order valence-electron chi connectivity index (χ1n) is 11.7. The zero-order valence-corrected chi connectivity index (χ0v) is 22.4. The van der Waals surface area contributed by atoms with Gasteiger partial charge in [0.1, 0.15) is 0 Å². The lowest BCUT2D eigenvalue weighted by atomic mass is 9.67. The Kier molecular flexibility index (Phi) is 8.97. The molecule has 0 bridgehead atoms. The maximum Gasteiger partial charge on any atom is 0.0346 e. The molecule has 3 rings (SSSR count). The molecule has 0 radical (unpaired) electrons. The molecule has 0 aliphatic heterocycles. The summed E-state index contributed by atoms with van der Waals surface area (Å²) in [5.74, 6) is 0.277. The molecule has 0 saturated heterocycles. The van der Waals surface area contributed by atoms with Crippen molar-refractivity contribution in [3.05, 3.63) is 87.9 Å². The van der Waals surface area contributed by atoms with E-state index in [4.69, 9.17) is 5.41 Å². The molecule has 1 unspecified atom stereocenters. The van der Waals surface area contributed by atoms with Crippen LogP contribution in [0.5, 0.6) is 0 Å². The summed E-state index contributed by atoms with van der Waals surface area (Å²) < 4.78 is 0. The number of hydrogen-bond acceptors (Lipinski definition) is 3. The van der Waals surface area contributed by atoms with Gasteiger partial charge in [-0.15, -0.1) is 11.3 Å². The van der Waals surface area contributed by atoms with Gasteiger partial charge in [0, 0.05) is 34.2 Å². The predicted molar refractivity (Wildman–Crippen MR) is 147 cm³/mol. The molecule has 0 spiro atoms. The van der Waals surface area contributed by atoms with E-state index in [1.165, 1.54) is 44.5 Å². The molecule has 0 aliphatic rings. The third-order valence-electron chi connectivity index (χ3n) is 6.35. The largest absolute Gasteiger partial charge is 0.313 e. The summed E-state index contributed by atoms with van der Waals surface area (Å²) in [5.41, 5.74) is 7.74. The van der Waals surface area contributed by atoms with Crippen molar-refractivity contribution in [2.24, 2.45) is 0 Å². The maximum atomic E-state index is 6.08. The Balaban J connectivity index is 0.00000122. The van der Waals surface area contributed by atoms with E-state index in [1.807, 2.05) is 23.7 Å². The van der Waals surface area contributed by atoms with Gasteiger partial charge >= 0.3 is 0 Å². The number of nitrogens with zero attached hydrogens (tertiary/aromatic N) is 1. The Hall–Kier alpha value is -2.52. The monoisotopic (exact) mass is 460 g/mol. The molecule has 2 heterocycles. The fourth-order valence-electron chi connectivity index (χ4n) is 4.39. The van der Waals surface area contributed by atoms with Gasteiger partial charge in [-0.3, -0.25) is 4.98 Å². The maximum absolute atomic E-state index is 6.08. The van der Waals surface area contributed by atoms with Gasteiger partial charge in [0.2, 0.25) is 0 Å². The number of aryl methyl sites for hydroxylation is 1. The van der Waals surface area contributed by atoms with E-state index in [-0.39, 0.29) is 16.7 Å². The Morgan fingerprint density at radius 2 is 1.70 bits per heavy atom. The van der Waals surface area contributed by atoms with Crippen LogP contribution in [0.2, 0.25) is 0 Å². The lowest BCUT2D eigenvalue weighted by Crippen LogP contribution is -2.29. The van der Waals surface area contributed by atoms with Crippen molar-refractivity contribution >= 4 is 17.6 Å². The molecule has 0 aliphatic carbocycles. The van der Waals surface area contributed by atoms with Crippen molar-refractivity contribution in [2.45, 2.75) is 78.6 Å². The average Bonchev–Trinajstić information content (AvgIpc) is 3.25. The second kappa shape index (κ2) is 11.1. The van der Waals surface area contributed by atoms with Crippen LogP contribution in [0.25, 0.3) is 11.1 Å². The number of pyridine rings is 1. The van der Waals surface area contributed by atoms with Gasteiger partial charge in [-0.25, -0.2) is 0 Å². The molecule has 1 N–H and O–H groups in total. The Morgan fingerprint density at radius 1 is 1.09 bits per heavy atom. The topological polar surface area (TPSA) is 36.7 Å². The summed E-state index contributed by atoms with van der Waals surface area (Å²) >= 11 is 1.86. The summed E-state index contributed by atoms with van der Waals surface area (Å²) in [7, 11) is 0. The first-order valence-corrected chi connectivity index (χ1v) is 12.6. The van der Waals surface area contributed by atoms with E-state index in [2.05, 4.69) is 102 Å². The van der Waals surface area contributed by atoms with Gasteiger partial charge in [-0.1, -0.05) is 71.0 Å². The lowest BCUT2D eigenvalue weighted by Gasteiger charge is -2.38. The summed E-state index contributed by atoms with van der Waals surface area (Å²) in [6.07, 6.45) is 6.17. The highest BCUT2D eigenvalue weighted by Crippen LogP contribution is 2.48. The zero-order valence-electron chi connectivity index (χ0n) is 21.6. The third-order valence-corrected chi connectivity index (χ3v) is 7.55. The number of allylic oxidation sites excluding steroid dienone is 1. The highest BCUT2D eigenvalue weighted by atomic mass is 32.1. The van der Waals surface area contributed by atoms with Crippen LogP contribution in [0.1, 0.15) is 82.4 Å². The number of benzene rings is 1. The Morgan fingerprint density at radius 3 is 2.18 bits per heavy atom. The normalized spacial score (nSPS) is 13.9. The zero-order chi connectivity index (χ0) is 24.8. The molecular weight excluding hydrogens is 420 g/mol. The average molecular weight is 461 g/mol. The minimum Gasteiger partial charge on any atom is -0.313 e. The Labute approximate surface area is 205 Å². The first kappa shape index (κ1) is 26.7. The fourth-order valence-corrected chi connectivity index (χ4v) is 5.58. The molecule has 2 atom stereocenters. The molecule has 33 heavy (non-hydrogen) atoms. The lowest BCUT2D eigenvalue weighted by molar-refractivity contribution is 0.404. The first-order chi connectivity index (χ1) is 15.5. The fraction of sp³-hybridized carbons (Fsp3) is 0.400. The summed E-state index contributed by atoms with van der Waals surface area (Å²) in [4.78, 5) is 5.79. The van der Waals surface area contributed by atoms with Gasteiger partial charge in [0.05, 0.1) is 0 Å². The molecule has 1 aromatic carbocycles. The van der Waals surface area contributed by atoms with E-state index in [9.17, 15) is 0 Å². The van der Waals surface area contributed by atoms with Crippen LogP contribution >= 0.6 is 11.3 Å². The van der Waals surface area contributed by atoms with Crippen molar-refractivity contribution in [3.8, 4) is 11.1 Å². The summed E-state index contributed by atoms with van der Waals surface area (Å²) in [6, 6.07) is 13.8. The highest BCUT2D eigenvalue weighted by molar-refractivity contribution is 7.10. The van der Waals surface area contributed by atoms with E-state index in [0.29, 0.717) is 0 Å². The molecule has 176 valence electrons. The molecular formula is C30H40N2S. The highest BCUT2D eigenvalue weighted by Gasteiger charge is 2.37. The molecule has 2 aromatic heterocycles. The van der Waals surface area contributed by atoms with E-state index in [1.54, 1.807) is 6.92 Å². The minimum atomic E-state index is -0.00471. The van der Waals surface area contributed by atoms with E-state index < -0.39 is 0 Å². The smallest absolute Gasteiger partial charge is 0.0346 e. The minimum absolute atomic E-state index is 0.00471. The number of aromatic nitrogens is 1. The predicted octanol–water partition coefficient (Wildman–Crippen LogP) is 9.10. The standard InChI is InChI=1S/C28H35NS.C2H5N/c1-9-28(8,25-15-23(18-30-25)22-14-20(4)16-29-17-22)26(19(2)3)21-10-12-24(13-11-21)27(5,6)7;1-2-3/h10-18,26H,2,9H2,1,3-8H3;2-3H,1H3/t26?,28-;/m1./s1. The molecule has 3 aromatic rings. The van der Waals surface area contributed by atoms with Gasteiger partial charge in [-0.2, -0.15) is 0 Å². The van der Waals surface area contributed by atoms with Crippen LogP contribution in [-0.4, -0.2) is 11.2 Å². The van der Waals surface area contributed by atoms with Crippen molar-refractivity contribution < 1.29 is 0 Å². The Bertz CT molecular complexity index is 1070. The van der Waals surface area contributed by atoms with Crippen LogP contribution in [0.15, 0.2) is 66.3 Å². The molecule has 3 heteroatoms.